The highest BCUT2D eigenvalue weighted by atomic mass is 16.5. The third-order valence-electron chi connectivity index (χ3n) is 4.80. The fraction of sp³-hybridized carbons (Fsp3) is 0.409. The van der Waals surface area contributed by atoms with Gasteiger partial charge in [-0.25, -0.2) is 0 Å². The standard InChI is InChI=1S/C22H25NO2/c24-22(15-14-18-8-1-2-9-18)23-16-5-6-17-25-21-13-7-11-19-10-3-4-12-20(19)21/h3-4,7,10-13,18H,1-2,8-9,14-17H2,(H,23,24). The van der Waals surface area contributed by atoms with Gasteiger partial charge in [-0.1, -0.05) is 73.9 Å². The Kier molecular flexibility index (Phi) is 6.34. The number of hydrogen-bond acceptors (Lipinski definition) is 2. The van der Waals surface area contributed by atoms with Crippen LogP contribution in [0.15, 0.2) is 42.5 Å². The van der Waals surface area contributed by atoms with Crippen molar-refractivity contribution >= 4 is 16.7 Å². The van der Waals surface area contributed by atoms with E-state index >= 15 is 0 Å². The molecule has 3 nitrogen and oxygen atoms in total. The van der Waals surface area contributed by atoms with E-state index in [1.165, 1.54) is 25.7 Å². The highest BCUT2D eigenvalue weighted by Crippen LogP contribution is 2.28. The second-order valence-electron chi connectivity index (χ2n) is 6.59. The smallest absolute Gasteiger partial charge is 0.220 e. The van der Waals surface area contributed by atoms with Gasteiger partial charge in [0.25, 0.3) is 0 Å². The number of rotatable bonds is 6. The molecule has 0 unspecified atom stereocenters. The molecule has 1 aliphatic carbocycles. The molecular weight excluding hydrogens is 310 g/mol. The fourth-order valence-electron chi connectivity index (χ4n) is 3.41. The molecule has 0 aliphatic heterocycles. The van der Waals surface area contributed by atoms with E-state index in [0.29, 0.717) is 19.6 Å². The molecular formula is C22H25NO2. The van der Waals surface area contributed by atoms with Crippen LogP contribution in [0.2, 0.25) is 0 Å². The van der Waals surface area contributed by atoms with E-state index in [4.69, 9.17) is 4.74 Å². The van der Waals surface area contributed by atoms with Crippen molar-refractivity contribution in [3.63, 3.8) is 0 Å². The lowest BCUT2D eigenvalue weighted by Gasteiger charge is -2.07. The van der Waals surface area contributed by atoms with Crippen molar-refractivity contribution in [2.75, 3.05) is 13.2 Å². The lowest BCUT2D eigenvalue weighted by molar-refractivity contribution is -0.121. The zero-order valence-electron chi connectivity index (χ0n) is 14.6. The predicted molar refractivity (Wildman–Crippen MR) is 101 cm³/mol. The molecule has 0 bridgehead atoms. The quantitative estimate of drug-likeness (QED) is 0.799. The molecule has 0 spiro atoms. The van der Waals surface area contributed by atoms with Gasteiger partial charge in [-0.3, -0.25) is 4.79 Å². The molecule has 1 N–H and O–H groups in total. The van der Waals surface area contributed by atoms with E-state index in [0.717, 1.165) is 28.9 Å². The summed E-state index contributed by atoms with van der Waals surface area (Å²) in [6, 6.07) is 14.1. The van der Waals surface area contributed by atoms with Crippen LogP contribution in [0.1, 0.15) is 38.5 Å². The SMILES string of the molecule is O=C(CCC1CCCC1)NCC#CCOc1cccc2ccccc12. The Balaban J connectivity index is 1.37. The largest absolute Gasteiger partial charge is 0.480 e. The summed E-state index contributed by atoms with van der Waals surface area (Å²) in [5.41, 5.74) is 0. The summed E-state index contributed by atoms with van der Waals surface area (Å²) in [5, 5.41) is 5.11. The van der Waals surface area contributed by atoms with E-state index in [-0.39, 0.29) is 5.91 Å². The van der Waals surface area contributed by atoms with Gasteiger partial charge in [0.2, 0.25) is 5.91 Å². The maximum atomic E-state index is 11.8. The highest BCUT2D eigenvalue weighted by Gasteiger charge is 2.15. The first-order valence-electron chi connectivity index (χ1n) is 9.16. The Labute approximate surface area is 149 Å². The number of amides is 1. The van der Waals surface area contributed by atoms with Crippen LogP contribution >= 0.6 is 0 Å². The molecule has 2 aromatic carbocycles. The molecule has 0 aromatic heterocycles. The molecule has 0 heterocycles. The Morgan fingerprint density at radius 1 is 1.08 bits per heavy atom. The van der Waals surface area contributed by atoms with Crippen LogP contribution in [-0.4, -0.2) is 19.1 Å². The molecule has 0 saturated heterocycles. The predicted octanol–water partition coefficient (Wildman–Crippen LogP) is 4.31. The van der Waals surface area contributed by atoms with Gasteiger partial charge in [0.1, 0.15) is 12.4 Å². The minimum atomic E-state index is 0.108. The van der Waals surface area contributed by atoms with Crippen molar-refractivity contribution in [1.29, 1.82) is 0 Å². The normalized spacial score (nSPS) is 14.1. The number of carbonyl (C=O) groups is 1. The van der Waals surface area contributed by atoms with Crippen molar-refractivity contribution in [2.45, 2.75) is 38.5 Å². The van der Waals surface area contributed by atoms with E-state index in [9.17, 15) is 4.79 Å². The third-order valence-corrected chi connectivity index (χ3v) is 4.80. The van der Waals surface area contributed by atoms with Crippen molar-refractivity contribution in [3.8, 4) is 17.6 Å². The van der Waals surface area contributed by atoms with Crippen LogP contribution in [0.3, 0.4) is 0 Å². The van der Waals surface area contributed by atoms with Gasteiger partial charge in [0.15, 0.2) is 0 Å². The lowest BCUT2D eigenvalue weighted by Crippen LogP contribution is -2.23. The number of fused-ring (bicyclic) bond motifs is 1. The summed E-state index contributed by atoms with van der Waals surface area (Å²) in [6.45, 7) is 0.717. The molecule has 1 amide bonds. The van der Waals surface area contributed by atoms with Crippen LogP contribution in [-0.2, 0) is 4.79 Å². The van der Waals surface area contributed by atoms with Crippen molar-refractivity contribution in [1.82, 2.24) is 5.32 Å². The lowest BCUT2D eigenvalue weighted by atomic mass is 10.0. The van der Waals surface area contributed by atoms with Gasteiger partial charge < -0.3 is 10.1 Å². The number of carbonyl (C=O) groups excluding carboxylic acids is 1. The van der Waals surface area contributed by atoms with Crippen molar-refractivity contribution in [2.24, 2.45) is 5.92 Å². The van der Waals surface area contributed by atoms with Crippen LogP contribution in [0.5, 0.6) is 5.75 Å². The molecule has 0 atom stereocenters. The van der Waals surface area contributed by atoms with E-state index in [2.05, 4.69) is 29.3 Å². The Morgan fingerprint density at radius 2 is 1.88 bits per heavy atom. The number of ether oxygens (including phenoxy) is 1. The van der Waals surface area contributed by atoms with E-state index in [1.54, 1.807) is 0 Å². The fourth-order valence-corrected chi connectivity index (χ4v) is 3.41. The van der Waals surface area contributed by atoms with Gasteiger partial charge in [0.05, 0.1) is 6.54 Å². The number of benzene rings is 2. The Bertz CT molecular complexity index is 761. The summed E-state index contributed by atoms with van der Waals surface area (Å²) in [4.78, 5) is 11.8. The molecule has 3 heteroatoms. The topological polar surface area (TPSA) is 38.3 Å². The first-order chi connectivity index (χ1) is 12.3. The molecule has 0 radical (unpaired) electrons. The second-order valence-corrected chi connectivity index (χ2v) is 6.59. The van der Waals surface area contributed by atoms with E-state index in [1.807, 2.05) is 30.3 Å². The number of hydrogen-bond donors (Lipinski definition) is 1. The molecule has 25 heavy (non-hydrogen) atoms. The zero-order valence-corrected chi connectivity index (χ0v) is 14.6. The van der Waals surface area contributed by atoms with E-state index < -0.39 is 0 Å². The average Bonchev–Trinajstić information content (AvgIpc) is 3.16. The Hall–Kier alpha value is -2.47. The third kappa shape index (κ3) is 5.26. The summed E-state index contributed by atoms with van der Waals surface area (Å²) in [5.74, 6) is 7.62. The monoisotopic (exact) mass is 335 g/mol. The minimum Gasteiger partial charge on any atom is -0.480 e. The molecule has 1 fully saturated rings. The molecule has 1 aliphatic rings. The molecule has 3 rings (SSSR count). The summed E-state index contributed by atoms with van der Waals surface area (Å²) < 4.78 is 5.76. The zero-order chi connectivity index (χ0) is 17.3. The van der Waals surface area contributed by atoms with Gasteiger partial charge in [-0.15, -0.1) is 0 Å². The van der Waals surface area contributed by atoms with Crippen LogP contribution in [0, 0.1) is 17.8 Å². The molecule has 2 aromatic rings. The van der Waals surface area contributed by atoms with Gasteiger partial charge in [-0.2, -0.15) is 0 Å². The van der Waals surface area contributed by atoms with Gasteiger partial charge in [0, 0.05) is 11.8 Å². The maximum absolute atomic E-state index is 11.8. The van der Waals surface area contributed by atoms with Gasteiger partial charge >= 0.3 is 0 Å². The van der Waals surface area contributed by atoms with Crippen molar-refractivity contribution in [3.05, 3.63) is 42.5 Å². The van der Waals surface area contributed by atoms with Gasteiger partial charge in [-0.05, 0) is 23.8 Å². The maximum Gasteiger partial charge on any atom is 0.220 e. The van der Waals surface area contributed by atoms with Crippen LogP contribution < -0.4 is 10.1 Å². The Morgan fingerprint density at radius 3 is 2.76 bits per heavy atom. The van der Waals surface area contributed by atoms with Crippen molar-refractivity contribution < 1.29 is 9.53 Å². The summed E-state index contributed by atoms with van der Waals surface area (Å²) in [6.07, 6.45) is 6.88. The molecule has 1 saturated carbocycles. The summed E-state index contributed by atoms with van der Waals surface area (Å²) >= 11 is 0. The molecule has 130 valence electrons. The number of nitrogens with one attached hydrogen (secondary N) is 1. The summed E-state index contributed by atoms with van der Waals surface area (Å²) in [7, 11) is 0. The minimum absolute atomic E-state index is 0.108. The van der Waals surface area contributed by atoms with Crippen LogP contribution in [0.25, 0.3) is 10.8 Å². The first-order valence-corrected chi connectivity index (χ1v) is 9.16. The van der Waals surface area contributed by atoms with Crippen LogP contribution in [0.4, 0.5) is 0 Å². The average molecular weight is 335 g/mol. The second kappa shape index (κ2) is 9.13. The highest BCUT2D eigenvalue weighted by molar-refractivity contribution is 5.88. The first kappa shape index (κ1) is 17.4.